The molecule has 2 aromatic heterocycles. The number of benzene rings is 2. The Morgan fingerprint density at radius 2 is 1.85 bits per heavy atom. The summed E-state index contributed by atoms with van der Waals surface area (Å²) >= 11 is 5.78. The number of hydrogen-bond acceptors (Lipinski definition) is 5. The van der Waals surface area contributed by atoms with Crippen LogP contribution >= 0.6 is 12.2 Å². The zero-order valence-electron chi connectivity index (χ0n) is 22.9. The summed E-state index contributed by atoms with van der Waals surface area (Å²) in [6.45, 7) is 4.40. The molecule has 0 bridgehead atoms. The standard InChI is InChI=1S/C31H30FN5O3S/c1-19-17-25(20(2)37(19)24-8-6-7-21(18-24)30(39)40-3)29-28(26-9-4-5-15-33-26)35-31(41)36(29)16-14-27(38)34-23-12-10-22(32)11-13-23/h4-13,15,17-18,28-29H,14,16H2,1-3H3,(H,34,38)(H,35,41)/t28-,29-/m0/s1. The molecule has 2 atom stereocenters. The number of aromatic nitrogens is 2. The van der Waals surface area contributed by atoms with Crippen LogP contribution in [0, 0.1) is 19.7 Å². The Morgan fingerprint density at radius 1 is 1.07 bits per heavy atom. The third kappa shape index (κ3) is 5.83. The molecule has 5 rings (SSSR count). The van der Waals surface area contributed by atoms with E-state index in [2.05, 4.69) is 26.3 Å². The lowest BCUT2D eigenvalue weighted by atomic mass is 9.96. The van der Waals surface area contributed by atoms with E-state index in [-0.39, 0.29) is 30.2 Å². The van der Waals surface area contributed by atoms with Crippen molar-refractivity contribution in [1.29, 1.82) is 0 Å². The summed E-state index contributed by atoms with van der Waals surface area (Å²) in [6.07, 6.45) is 1.92. The third-order valence-corrected chi connectivity index (χ3v) is 7.57. The summed E-state index contributed by atoms with van der Waals surface area (Å²) in [7, 11) is 1.36. The van der Waals surface area contributed by atoms with Crippen molar-refractivity contribution in [2.24, 2.45) is 0 Å². The topological polar surface area (TPSA) is 88.5 Å². The average Bonchev–Trinajstić information content (AvgIpc) is 3.47. The number of amides is 1. The number of pyridine rings is 1. The van der Waals surface area contributed by atoms with Crippen LogP contribution in [0.15, 0.2) is 79.0 Å². The molecular weight excluding hydrogens is 541 g/mol. The van der Waals surface area contributed by atoms with Gasteiger partial charge in [-0.3, -0.25) is 9.78 Å². The lowest BCUT2D eigenvalue weighted by Gasteiger charge is -2.28. The number of rotatable bonds is 8. The van der Waals surface area contributed by atoms with Gasteiger partial charge >= 0.3 is 5.97 Å². The summed E-state index contributed by atoms with van der Waals surface area (Å²) < 4.78 is 20.3. The van der Waals surface area contributed by atoms with Crippen LogP contribution in [0.4, 0.5) is 10.1 Å². The van der Waals surface area contributed by atoms with E-state index in [1.54, 1.807) is 18.3 Å². The van der Waals surface area contributed by atoms with Gasteiger partial charge in [-0.05, 0) is 92.3 Å². The lowest BCUT2D eigenvalue weighted by Crippen LogP contribution is -2.32. The highest BCUT2D eigenvalue weighted by Gasteiger charge is 2.41. The van der Waals surface area contributed by atoms with E-state index in [1.165, 1.54) is 31.4 Å². The molecule has 3 heterocycles. The number of thiocarbonyl (C=S) groups is 1. The van der Waals surface area contributed by atoms with Gasteiger partial charge in [0.15, 0.2) is 5.11 Å². The Balaban J connectivity index is 1.48. The summed E-state index contributed by atoms with van der Waals surface area (Å²) in [4.78, 5) is 31.7. The molecule has 10 heteroatoms. The minimum absolute atomic E-state index is 0.171. The van der Waals surface area contributed by atoms with Crippen LogP contribution < -0.4 is 10.6 Å². The quantitative estimate of drug-likeness (QED) is 0.216. The van der Waals surface area contributed by atoms with Gasteiger partial charge in [0.2, 0.25) is 5.91 Å². The average molecular weight is 572 g/mol. The largest absolute Gasteiger partial charge is 0.465 e. The smallest absolute Gasteiger partial charge is 0.337 e. The number of nitrogens with zero attached hydrogens (tertiary/aromatic N) is 3. The molecule has 4 aromatic rings. The van der Waals surface area contributed by atoms with Crippen molar-refractivity contribution in [3.05, 3.63) is 113 Å². The Kier molecular flexibility index (Phi) is 8.11. The minimum Gasteiger partial charge on any atom is -0.465 e. The van der Waals surface area contributed by atoms with E-state index in [9.17, 15) is 14.0 Å². The van der Waals surface area contributed by atoms with Crippen LogP contribution in [-0.2, 0) is 9.53 Å². The Labute approximate surface area is 243 Å². The van der Waals surface area contributed by atoms with Crippen LogP contribution in [0.3, 0.4) is 0 Å². The van der Waals surface area contributed by atoms with Crippen LogP contribution in [0.5, 0.6) is 0 Å². The molecule has 2 aromatic carbocycles. The predicted octanol–water partition coefficient (Wildman–Crippen LogP) is 5.42. The molecular formula is C31H30FN5O3S. The van der Waals surface area contributed by atoms with Gasteiger partial charge in [0.25, 0.3) is 0 Å². The molecule has 1 saturated heterocycles. The monoisotopic (exact) mass is 571 g/mol. The van der Waals surface area contributed by atoms with Crippen LogP contribution in [0.2, 0.25) is 0 Å². The number of anilines is 1. The third-order valence-electron chi connectivity index (χ3n) is 7.22. The van der Waals surface area contributed by atoms with Gasteiger partial charge in [-0.25, -0.2) is 9.18 Å². The van der Waals surface area contributed by atoms with Crippen molar-refractivity contribution in [2.45, 2.75) is 32.4 Å². The minimum atomic E-state index is -0.403. The van der Waals surface area contributed by atoms with Crippen LogP contribution in [0.1, 0.15) is 51.5 Å². The molecule has 2 N–H and O–H groups in total. The van der Waals surface area contributed by atoms with Crippen molar-refractivity contribution in [2.75, 3.05) is 19.0 Å². The van der Waals surface area contributed by atoms with Crippen molar-refractivity contribution < 1.29 is 18.7 Å². The first-order valence-corrected chi connectivity index (χ1v) is 13.6. The zero-order valence-corrected chi connectivity index (χ0v) is 23.7. The van der Waals surface area contributed by atoms with E-state index in [0.717, 1.165) is 28.3 Å². The van der Waals surface area contributed by atoms with Gasteiger partial charge in [0, 0.05) is 41.9 Å². The predicted molar refractivity (Wildman–Crippen MR) is 158 cm³/mol. The molecule has 0 unspecified atom stereocenters. The number of carbonyl (C=O) groups is 2. The first kappa shape index (κ1) is 28.0. The normalized spacial score (nSPS) is 16.4. The number of carbonyl (C=O) groups excluding carboxylic acids is 2. The van der Waals surface area contributed by atoms with Crippen molar-refractivity contribution in [1.82, 2.24) is 19.8 Å². The number of methoxy groups -OCH3 is 1. The number of halogens is 1. The fourth-order valence-corrected chi connectivity index (χ4v) is 5.67. The van der Waals surface area contributed by atoms with Gasteiger partial charge in [0.1, 0.15) is 5.82 Å². The molecule has 8 nitrogen and oxygen atoms in total. The van der Waals surface area contributed by atoms with E-state index in [0.29, 0.717) is 22.9 Å². The fraction of sp³-hybridized carbons (Fsp3) is 0.226. The Bertz CT molecular complexity index is 1590. The maximum atomic E-state index is 13.3. The van der Waals surface area contributed by atoms with Crippen LogP contribution in [0.25, 0.3) is 5.69 Å². The second-order valence-corrected chi connectivity index (χ2v) is 10.2. The molecule has 0 radical (unpaired) electrons. The van der Waals surface area contributed by atoms with E-state index in [1.807, 2.05) is 49.1 Å². The number of nitrogens with one attached hydrogen (secondary N) is 2. The second-order valence-electron chi connectivity index (χ2n) is 9.83. The van der Waals surface area contributed by atoms with Gasteiger partial charge in [-0.15, -0.1) is 0 Å². The molecule has 210 valence electrons. The first-order chi connectivity index (χ1) is 19.8. The maximum absolute atomic E-state index is 13.3. The van der Waals surface area contributed by atoms with Gasteiger partial charge in [-0.2, -0.15) is 0 Å². The first-order valence-electron chi connectivity index (χ1n) is 13.2. The number of hydrogen-bond donors (Lipinski definition) is 2. The second kappa shape index (κ2) is 11.9. The summed E-state index contributed by atoms with van der Waals surface area (Å²) in [5, 5.41) is 6.77. The summed E-state index contributed by atoms with van der Waals surface area (Å²) in [5.74, 6) is -0.973. The maximum Gasteiger partial charge on any atom is 0.337 e. The molecule has 1 aliphatic heterocycles. The fourth-order valence-electron chi connectivity index (χ4n) is 5.34. The number of esters is 1. The molecule has 0 aliphatic carbocycles. The van der Waals surface area contributed by atoms with Gasteiger partial charge < -0.3 is 24.8 Å². The van der Waals surface area contributed by atoms with E-state index >= 15 is 0 Å². The van der Waals surface area contributed by atoms with Crippen molar-refractivity contribution in [3.8, 4) is 5.69 Å². The molecule has 1 fully saturated rings. The van der Waals surface area contributed by atoms with Crippen molar-refractivity contribution in [3.63, 3.8) is 0 Å². The number of ether oxygens (including phenoxy) is 1. The number of aryl methyl sites for hydroxylation is 1. The zero-order chi connectivity index (χ0) is 29.1. The highest BCUT2D eigenvalue weighted by molar-refractivity contribution is 7.80. The molecule has 0 saturated carbocycles. The Hall–Kier alpha value is -4.57. The van der Waals surface area contributed by atoms with E-state index < -0.39 is 5.97 Å². The van der Waals surface area contributed by atoms with E-state index in [4.69, 9.17) is 17.0 Å². The molecule has 1 aliphatic rings. The highest BCUT2D eigenvalue weighted by atomic mass is 32.1. The van der Waals surface area contributed by atoms with Crippen LogP contribution in [-0.4, -0.2) is 45.1 Å². The Morgan fingerprint density at radius 3 is 2.56 bits per heavy atom. The SMILES string of the molecule is COC(=O)c1cccc(-n2c(C)cc([C@H]3[C@H](c4ccccn4)NC(=S)N3CCC(=O)Nc3ccc(F)cc3)c2C)c1. The molecule has 1 amide bonds. The molecule has 0 spiro atoms. The van der Waals surface area contributed by atoms with Gasteiger partial charge in [0.05, 0.1) is 30.5 Å². The van der Waals surface area contributed by atoms with Crippen molar-refractivity contribution >= 4 is 34.9 Å². The lowest BCUT2D eigenvalue weighted by molar-refractivity contribution is -0.116. The highest BCUT2D eigenvalue weighted by Crippen LogP contribution is 2.41. The van der Waals surface area contributed by atoms with Gasteiger partial charge in [-0.1, -0.05) is 12.1 Å². The summed E-state index contributed by atoms with van der Waals surface area (Å²) in [6, 6.07) is 20.3. The molecule has 41 heavy (non-hydrogen) atoms. The summed E-state index contributed by atoms with van der Waals surface area (Å²) in [5.41, 5.74) is 5.63.